The van der Waals surface area contributed by atoms with Crippen LogP contribution in [0.3, 0.4) is 0 Å². The van der Waals surface area contributed by atoms with Gasteiger partial charge in [-0.3, -0.25) is 14.6 Å². The first kappa shape index (κ1) is 24.6. The minimum absolute atomic E-state index is 0.00621. The number of carbonyl (C=O) groups is 2. The molecule has 1 saturated heterocycles. The quantitative estimate of drug-likeness (QED) is 0.363. The third kappa shape index (κ3) is 4.24. The molecule has 1 aliphatic carbocycles. The van der Waals surface area contributed by atoms with Crippen LogP contribution in [-0.4, -0.2) is 57.9 Å². The summed E-state index contributed by atoms with van der Waals surface area (Å²) in [5.41, 5.74) is 3.26. The van der Waals surface area contributed by atoms with Crippen LogP contribution >= 0.6 is 11.6 Å². The molecule has 2 N–H and O–H groups in total. The Bertz CT molecular complexity index is 1660. The highest BCUT2D eigenvalue weighted by Gasteiger charge is 2.42. The fourth-order valence-electron chi connectivity index (χ4n) is 5.65. The van der Waals surface area contributed by atoms with E-state index in [0.717, 1.165) is 24.8 Å². The van der Waals surface area contributed by atoms with E-state index in [9.17, 15) is 9.59 Å². The molecule has 11 nitrogen and oxygen atoms in total. The fourth-order valence-corrected chi connectivity index (χ4v) is 5.80. The lowest BCUT2D eigenvalue weighted by Crippen LogP contribution is -2.39. The van der Waals surface area contributed by atoms with E-state index in [0.29, 0.717) is 41.3 Å². The summed E-state index contributed by atoms with van der Waals surface area (Å²) in [5, 5.41) is 14.1. The van der Waals surface area contributed by atoms with Crippen LogP contribution in [0.15, 0.2) is 49.2 Å². The lowest BCUT2D eigenvalue weighted by molar-refractivity contribution is -0.129. The third-order valence-corrected chi connectivity index (χ3v) is 8.02. The van der Waals surface area contributed by atoms with Gasteiger partial charge in [-0.25, -0.2) is 9.37 Å². The van der Waals surface area contributed by atoms with Crippen LogP contribution in [0.2, 0.25) is 5.02 Å². The number of imidazole rings is 1. The van der Waals surface area contributed by atoms with Gasteiger partial charge in [0.1, 0.15) is 12.2 Å². The zero-order valence-corrected chi connectivity index (χ0v) is 21.8. The van der Waals surface area contributed by atoms with Crippen molar-refractivity contribution >= 4 is 34.7 Å². The maximum absolute atomic E-state index is 15.3. The van der Waals surface area contributed by atoms with Gasteiger partial charge in [-0.15, -0.1) is 5.10 Å². The lowest BCUT2D eigenvalue weighted by Gasteiger charge is -2.33. The Morgan fingerprint density at radius 1 is 1.15 bits per heavy atom. The number of H-pyrrole nitrogens is 1. The molecule has 1 aromatic carbocycles. The molecule has 2 atom stereocenters. The van der Waals surface area contributed by atoms with Crippen molar-refractivity contribution in [2.24, 2.45) is 5.92 Å². The van der Waals surface area contributed by atoms with Crippen molar-refractivity contribution in [1.29, 1.82) is 0 Å². The summed E-state index contributed by atoms with van der Waals surface area (Å²) in [4.78, 5) is 39.9. The van der Waals surface area contributed by atoms with Gasteiger partial charge in [0, 0.05) is 41.6 Å². The molecule has 7 rings (SSSR count). The molecule has 2 fully saturated rings. The molecule has 1 saturated carbocycles. The molecule has 40 heavy (non-hydrogen) atoms. The predicted octanol–water partition coefficient (Wildman–Crippen LogP) is 4.11. The van der Waals surface area contributed by atoms with Crippen molar-refractivity contribution in [3.05, 3.63) is 71.4 Å². The molecule has 0 unspecified atom stereocenters. The molecule has 2 amide bonds. The van der Waals surface area contributed by atoms with Crippen LogP contribution in [0.5, 0.6) is 0 Å². The van der Waals surface area contributed by atoms with Gasteiger partial charge in [0.25, 0.3) is 0 Å². The Kier molecular flexibility index (Phi) is 5.92. The van der Waals surface area contributed by atoms with E-state index in [-0.39, 0.29) is 40.4 Å². The molecule has 13 heteroatoms. The minimum atomic E-state index is -0.617. The summed E-state index contributed by atoms with van der Waals surface area (Å²) in [6.45, 7) is 0. The second-order valence-corrected chi connectivity index (χ2v) is 10.7. The molecular formula is C27H23ClFN9O2. The Morgan fingerprint density at radius 2 is 2.02 bits per heavy atom. The first-order valence-corrected chi connectivity index (χ1v) is 13.4. The van der Waals surface area contributed by atoms with Gasteiger partial charge in [-0.2, -0.15) is 4.68 Å². The third-order valence-electron chi connectivity index (χ3n) is 7.73. The summed E-state index contributed by atoms with van der Waals surface area (Å²) in [5.74, 6) is -0.122. The highest BCUT2D eigenvalue weighted by atomic mass is 35.5. The maximum Gasteiger partial charge on any atom is 0.247 e. The van der Waals surface area contributed by atoms with Crippen LogP contribution in [0, 0.1) is 11.7 Å². The highest BCUT2D eigenvalue weighted by Crippen LogP contribution is 2.44. The van der Waals surface area contributed by atoms with Gasteiger partial charge < -0.3 is 15.2 Å². The van der Waals surface area contributed by atoms with Crippen LogP contribution in [-0.2, 0) is 9.59 Å². The number of benzene rings is 1. The smallest absolute Gasteiger partial charge is 0.247 e. The first-order valence-electron chi connectivity index (χ1n) is 13.0. The number of aromatic nitrogens is 7. The van der Waals surface area contributed by atoms with E-state index in [1.165, 1.54) is 23.2 Å². The van der Waals surface area contributed by atoms with E-state index in [1.807, 2.05) is 4.90 Å². The average Bonchev–Trinajstić information content (AvgIpc) is 3.30. The van der Waals surface area contributed by atoms with Crippen molar-refractivity contribution in [2.45, 2.75) is 44.2 Å². The largest absolute Gasteiger partial charge is 0.340 e. The second kappa shape index (κ2) is 9.63. The highest BCUT2D eigenvalue weighted by molar-refractivity contribution is 6.31. The van der Waals surface area contributed by atoms with Crippen molar-refractivity contribution in [3.63, 3.8) is 0 Å². The number of nitrogens with zero attached hydrogens (tertiary/aromatic N) is 7. The van der Waals surface area contributed by atoms with Crippen LogP contribution in [0.25, 0.3) is 22.5 Å². The predicted molar refractivity (Wildman–Crippen MR) is 142 cm³/mol. The number of halogens is 2. The normalized spacial score (nSPS) is 20.4. The van der Waals surface area contributed by atoms with E-state index in [2.05, 4.69) is 35.8 Å². The number of hydrogen-bond donors (Lipinski definition) is 2. The van der Waals surface area contributed by atoms with Gasteiger partial charge in [-0.1, -0.05) is 11.6 Å². The van der Waals surface area contributed by atoms with Gasteiger partial charge in [0.2, 0.25) is 11.8 Å². The number of rotatable bonds is 6. The van der Waals surface area contributed by atoms with Crippen LogP contribution in [0.4, 0.5) is 10.1 Å². The van der Waals surface area contributed by atoms with Crippen molar-refractivity contribution in [3.8, 4) is 16.9 Å². The number of hydrogen-bond acceptors (Lipinski definition) is 7. The average molecular weight is 560 g/mol. The van der Waals surface area contributed by atoms with E-state index in [4.69, 9.17) is 11.6 Å². The summed E-state index contributed by atoms with van der Waals surface area (Å²) < 4.78 is 16.7. The van der Waals surface area contributed by atoms with Crippen molar-refractivity contribution in [2.75, 3.05) is 5.32 Å². The molecule has 3 aromatic heterocycles. The molecule has 0 spiro atoms. The van der Waals surface area contributed by atoms with Gasteiger partial charge >= 0.3 is 0 Å². The number of nitrogens with one attached hydrogen (secondary N) is 2. The van der Waals surface area contributed by atoms with Crippen molar-refractivity contribution < 1.29 is 14.0 Å². The van der Waals surface area contributed by atoms with E-state index >= 15 is 4.39 Å². The first-order chi connectivity index (χ1) is 19.5. The number of amides is 2. The molecule has 202 valence electrons. The lowest BCUT2D eigenvalue weighted by atomic mass is 9.92. The van der Waals surface area contributed by atoms with E-state index in [1.54, 1.807) is 30.7 Å². The number of anilines is 1. The number of tetrazole rings is 1. The topological polar surface area (TPSA) is 135 Å². The van der Waals surface area contributed by atoms with Gasteiger partial charge in [0.05, 0.1) is 34.3 Å². The second-order valence-electron chi connectivity index (χ2n) is 10.2. The summed E-state index contributed by atoms with van der Waals surface area (Å²) >= 11 is 6.13. The summed E-state index contributed by atoms with van der Waals surface area (Å²) in [6.07, 6.45) is 11.5. The number of pyridine rings is 1. The van der Waals surface area contributed by atoms with Gasteiger partial charge in [0.15, 0.2) is 5.82 Å². The standard InChI is InChI=1S/C27H23ClFN9O2/c28-18-4-6-21(37-13-32-35-36-37)24(25(18)29)15-9-16-3-5-22(38(16)23(39)10-15)26-31-12-20(33-26)17-11-30-8-7-19(17)34-27(40)14-1-2-14/h4,6-8,10-14,16,22H,1-3,5,9H2,(H,31,33)(H,30,34,40)/t16-,22-/m0/s1. The summed E-state index contributed by atoms with van der Waals surface area (Å²) in [6, 6.07) is 4.43. The number of fused-ring (bicyclic) bond motifs is 1. The molecule has 4 aromatic rings. The van der Waals surface area contributed by atoms with Gasteiger partial charge in [-0.05, 0) is 66.3 Å². The Labute approximate surface area is 232 Å². The Morgan fingerprint density at radius 3 is 2.83 bits per heavy atom. The molecule has 3 aliphatic rings. The van der Waals surface area contributed by atoms with Crippen molar-refractivity contribution in [1.82, 2.24) is 40.1 Å². The Hall–Kier alpha value is -4.45. The molecule has 0 bridgehead atoms. The molecule has 2 aliphatic heterocycles. The number of aromatic amines is 1. The number of carbonyl (C=O) groups excluding carboxylic acids is 2. The maximum atomic E-state index is 15.3. The monoisotopic (exact) mass is 559 g/mol. The molecule has 5 heterocycles. The molecular weight excluding hydrogens is 537 g/mol. The van der Waals surface area contributed by atoms with E-state index < -0.39 is 5.82 Å². The zero-order chi connectivity index (χ0) is 27.4. The van der Waals surface area contributed by atoms with Crippen LogP contribution < -0.4 is 5.32 Å². The SMILES string of the molecule is O=C(Nc1ccncc1-c1cnc([C@@H]2CC[C@H]3CC(c4c(-n5cnnn5)ccc(Cl)c4F)=CC(=O)N32)[nH]1)C1CC1. The van der Waals surface area contributed by atoms with Crippen LogP contribution in [0.1, 0.15) is 49.5 Å². The minimum Gasteiger partial charge on any atom is -0.340 e. The summed E-state index contributed by atoms with van der Waals surface area (Å²) in [7, 11) is 0. The zero-order valence-electron chi connectivity index (χ0n) is 21.1. The molecule has 0 radical (unpaired) electrons. The fraction of sp³-hybridized carbons (Fsp3) is 0.296. The Balaban J connectivity index is 1.17.